The van der Waals surface area contributed by atoms with Gasteiger partial charge in [-0.25, -0.2) is 9.59 Å². The van der Waals surface area contributed by atoms with Gasteiger partial charge in [-0.2, -0.15) is 0 Å². The molecule has 4 amide bonds. The van der Waals surface area contributed by atoms with Crippen LogP contribution in [0.25, 0.3) is 0 Å². The van der Waals surface area contributed by atoms with Crippen LogP contribution in [0.4, 0.5) is 10.5 Å². The van der Waals surface area contributed by atoms with E-state index in [2.05, 4.69) is 15.6 Å². The SMILES string of the molecule is COC(=O)C(Cc1ccc(NC(=O)c2c(Cl)cccc2Cl)cc1)NC(=O)C1CSCN1C(=O)N(C)CCc1ccccn1. The minimum atomic E-state index is -0.982. The number of amides is 4. The Labute approximate surface area is 264 Å². The largest absolute Gasteiger partial charge is 0.467 e. The number of nitrogens with zero attached hydrogens (tertiary/aromatic N) is 3. The highest BCUT2D eigenvalue weighted by atomic mass is 35.5. The molecule has 0 aliphatic carbocycles. The molecule has 3 aromatic rings. The minimum absolute atomic E-state index is 0.140. The number of benzene rings is 2. The Morgan fingerprint density at radius 1 is 1.07 bits per heavy atom. The summed E-state index contributed by atoms with van der Waals surface area (Å²) >= 11 is 13.7. The zero-order valence-corrected chi connectivity index (χ0v) is 25.9. The molecule has 0 spiro atoms. The molecule has 0 bridgehead atoms. The first kappa shape index (κ1) is 32.1. The highest BCUT2D eigenvalue weighted by Gasteiger charge is 2.37. The number of thioether (sulfide) groups is 1. The number of likely N-dealkylation sites (N-methyl/N-ethyl adjacent to an activating group) is 1. The Morgan fingerprint density at radius 3 is 2.44 bits per heavy atom. The number of hydrogen-bond acceptors (Lipinski definition) is 7. The van der Waals surface area contributed by atoms with E-state index in [1.54, 1.807) is 60.6 Å². The molecule has 13 heteroatoms. The van der Waals surface area contributed by atoms with Crippen LogP contribution in [0.5, 0.6) is 0 Å². The van der Waals surface area contributed by atoms with Crippen molar-refractivity contribution in [2.75, 3.05) is 37.6 Å². The number of hydrogen-bond donors (Lipinski definition) is 2. The van der Waals surface area contributed by atoms with Gasteiger partial charge in [0.1, 0.15) is 12.1 Å². The molecule has 10 nitrogen and oxygen atoms in total. The first-order valence-electron chi connectivity index (χ1n) is 13.4. The lowest BCUT2D eigenvalue weighted by Crippen LogP contribution is -2.54. The van der Waals surface area contributed by atoms with E-state index in [1.807, 2.05) is 18.2 Å². The summed E-state index contributed by atoms with van der Waals surface area (Å²) in [5.74, 6) is -0.745. The average molecular weight is 645 g/mol. The van der Waals surface area contributed by atoms with E-state index in [1.165, 1.54) is 23.8 Å². The Kier molecular flexibility index (Phi) is 11.3. The maximum Gasteiger partial charge on any atom is 0.328 e. The van der Waals surface area contributed by atoms with E-state index in [9.17, 15) is 19.2 Å². The number of nitrogens with one attached hydrogen (secondary N) is 2. The number of carbonyl (C=O) groups excluding carboxylic acids is 4. The van der Waals surface area contributed by atoms with Crippen molar-refractivity contribution in [1.82, 2.24) is 20.1 Å². The molecule has 1 saturated heterocycles. The number of aromatic nitrogens is 1. The highest BCUT2D eigenvalue weighted by Crippen LogP contribution is 2.26. The van der Waals surface area contributed by atoms with Gasteiger partial charge in [0.25, 0.3) is 5.91 Å². The molecule has 1 aliphatic heterocycles. The van der Waals surface area contributed by atoms with Crippen molar-refractivity contribution >= 4 is 64.5 Å². The van der Waals surface area contributed by atoms with E-state index < -0.39 is 29.9 Å². The van der Waals surface area contributed by atoms with E-state index >= 15 is 0 Å². The monoisotopic (exact) mass is 643 g/mol. The zero-order chi connectivity index (χ0) is 30.9. The van der Waals surface area contributed by atoms with Crippen LogP contribution in [0.2, 0.25) is 10.0 Å². The molecule has 4 rings (SSSR count). The lowest BCUT2D eigenvalue weighted by Gasteiger charge is -2.29. The Balaban J connectivity index is 1.36. The Bertz CT molecular complexity index is 1440. The quantitative estimate of drug-likeness (QED) is 0.312. The van der Waals surface area contributed by atoms with Gasteiger partial charge < -0.3 is 25.2 Å². The second-order valence-electron chi connectivity index (χ2n) is 9.80. The van der Waals surface area contributed by atoms with Crippen molar-refractivity contribution in [2.45, 2.75) is 24.9 Å². The maximum atomic E-state index is 13.3. The van der Waals surface area contributed by atoms with E-state index in [0.717, 1.165) is 5.69 Å². The summed E-state index contributed by atoms with van der Waals surface area (Å²) in [6, 6.07) is 15.2. The third kappa shape index (κ3) is 8.40. The van der Waals surface area contributed by atoms with Crippen molar-refractivity contribution < 1.29 is 23.9 Å². The number of anilines is 1. The average Bonchev–Trinajstić information content (AvgIpc) is 3.50. The number of esters is 1. The topological polar surface area (TPSA) is 121 Å². The molecule has 0 radical (unpaired) electrons. The van der Waals surface area contributed by atoms with Gasteiger partial charge in [0, 0.05) is 49.8 Å². The molecule has 1 fully saturated rings. The van der Waals surface area contributed by atoms with Crippen LogP contribution >= 0.6 is 35.0 Å². The number of urea groups is 1. The number of pyridine rings is 1. The normalized spacial score (nSPS) is 15.0. The predicted molar refractivity (Wildman–Crippen MR) is 167 cm³/mol. The molecular weight excluding hydrogens is 613 g/mol. The molecule has 2 aromatic carbocycles. The van der Waals surface area contributed by atoms with Crippen LogP contribution in [0.3, 0.4) is 0 Å². The third-order valence-electron chi connectivity index (χ3n) is 6.83. The fourth-order valence-electron chi connectivity index (χ4n) is 4.46. The molecule has 226 valence electrons. The first-order chi connectivity index (χ1) is 20.7. The number of ether oxygens (including phenoxy) is 1. The molecule has 1 aliphatic rings. The summed E-state index contributed by atoms with van der Waals surface area (Å²) in [5.41, 5.74) is 2.24. The third-order valence-corrected chi connectivity index (χ3v) is 8.47. The van der Waals surface area contributed by atoms with E-state index in [-0.39, 0.29) is 28.1 Å². The van der Waals surface area contributed by atoms with Crippen molar-refractivity contribution in [2.24, 2.45) is 0 Å². The van der Waals surface area contributed by atoms with Gasteiger partial charge in [-0.15, -0.1) is 11.8 Å². The van der Waals surface area contributed by atoms with Crippen LogP contribution in [-0.4, -0.2) is 83.0 Å². The van der Waals surface area contributed by atoms with E-state index in [0.29, 0.717) is 35.8 Å². The number of halogens is 2. The lowest BCUT2D eigenvalue weighted by molar-refractivity contribution is -0.145. The fraction of sp³-hybridized carbons (Fsp3) is 0.300. The van der Waals surface area contributed by atoms with Gasteiger partial charge in [0.05, 0.1) is 28.6 Å². The standard InChI is InChI=1S/C30H31Cl2N5O5S/c1-36(15-13-20-6-3-4-14-33-20)30(41)37-18-43-17-25(37)27(38)35-24(29(40)42-2)16-19-9-11-21(12-10-19)34-28(39)26-22(31)7-5-8-23(26)32/h3-12,14,24-25H,13,15-18H2,1-2H3,(H,34,39)(H,35,38). The molecule has 2 N–H and O–H groups in total. The summed E-state index contributed by atoms with van der Waals surface area (Å²) in [5, 5.41) is 5.99. The number of methoxy groups -OCH3 is 1. The van der Waals surface area contributed by atoms with Gasteiger partial charge in [0.2, 0.25) is 5.91 Å². The van der Waals surface area contributed by atoms with Gasteiger partial charge in [0.15, 0.2) is 0 Å². The molecule has 1 aromatic heterocycles. The Morgan fingerprint density at radius 2 is 1.79 bits per heavy atom. The predicted octanol–water partition coefficient (Wildman–Crippen LogP) is 4.51. The second-order valence-corrected chi connectivity index (χ2v) is 11.6. The van der Waals surface area contributed by atoms with Crippen LogP contribution in [0, 0.1) is 0 Å². The molecular formula is C30H31Cl2N5O5S. The maximum absolute atomic E-state index is 13.3. The molecule has 0 saturated carbocycles. The van der Waals surface area contributed by atoms with Crippen LogP contribution in [0.15, 0.2) is 66.9 Å². The Hall–Kier alpha value is -3.80. The molecule has 2 heterocycles. The van der Waals surface area contributed by atoms with Gasteiger partial charge in [-0.05, 0) is 42.0 Å². The highest BCUT2D eigenvalue weighted by molar-refractivity contribution is 7.99. The first-order valence-corrected chi connectivity index (χ1v) is 15.3. The minimum Gasteiger partial charge on any atom is -0.467 e. The van der Waals surface area contributed by atoms with Crippen molar-refractivity contribution in [3.8, 4) is 0 Å². The summed E-state index contributed by atoms with van der Waals surface area (Å²) in [4.78, 5) is 59.2. The van der Waals surface area contributed by atoms with Gasteiger partial charge >= 0.3 is 12.0 Å². The lowest BCUT2D eigenvalue weighted by atomic mass is 10.0. The fourth-order valence-corrected chi connectivity index (χ4v) is 6.18. The van der Waals surface area contributed by atoms with Crippen LogP contribution in [0.1, 0.15) is 21.6 Å². The molecule has 43 heavy (non-hydrogen) atoms. The van der Waals surface area contributed by atoms with Crippen molar-refractivity contribution in [3.05, 3.63) is 93.7 Å². The van der Waals surface area contributed by atoms with Crippen molar-refractivity contribution in [3.63, 3.8) is 0 Å². The molecule has 2 unspecified atom stereocenters. The van der Waals surface area contributed by atoms with Gasteiger partial charge in [-0.3, -0.25) is 14.6 Å². The van der Waals surface area contributed by atoms with Crippen molar-refractivity contribution in [1.29, 1.82) is 0 Å². The van der Waals surface area contributed by atoms with Gasteiger partial charge in [-0.1, -0.05) is 47.5 Å². The summed E-state index contributed by atoms with van der Waals surface area (Å²) in [6.07, 6.45) is 2.43. The molecule has 2 atom stereocenters. The second kappa shape index (κ2) is 15.1. The van der Waals surface area contributed by atoms with Crippen LogP contribution < -0.4 is 10.6 Å². The van der Waals surface area contributed by atoms with Crippen LogP contribution in [-0.2, 0) is 27.2 Å². The zero-order valence-electron chi connectivity index (χ0n) is 23.6. The summed E-state index contributed by atoms with van der Waals surface area (Å²) < 4.78 is 4.95. The smallest absolute Gasteiger partial charge is 0.328 e. The summed E-state index contributed by atoms with van der Waals surface area (Å²) in [6.45, 7) is 0.442. The summed E-state index contributed by atoms with van der Waals surface area (Å²) in [7, 11) is 2.94. The number of carbonyl (C=O) groups is 4. The number of rotatable bonds is 10. The van der Waals surface area contributed by atoms with E-state index in [4.69, 9.17) is 27.9 Å².